The van der Waals surface area contributed by atoms with Crippen LogP contribution in [0.4, 0.5) is 18.0 Å². The van der Waals surface area contributed by atoms with Gasteiger partial charge in [-0.1, -0.05) is 48.6 Å². The molecular weight excluding hydrogens is 419 g/mol. The number of hydrogen-bond donors (Lipinski definition) is 3. The van der Waals surface area contributed by atoms with E-state index in [1.54, 1.807) is 0 Å². The number of allylic oxidation sites excluding steroid dienone is 4. The highest BCUT2D eigenvalue weighted by atomic mass is 19.4. The molecule has 10 heteroatoms. The van der Waals surface area contributed by atoms with Crippen LogP contribution in [0.25, 0.3) is 0 Å². The molecule has 7 nitrogen and oxygen atoms in total. The van der Waals surface area contributed by atoms with E-state index >= 15 is 0 Å². The molecule has 5 atom stereocenters. The quantitative estimate of drug-likeness (QED) is 0.573. The molecule has 1 aromatic rings. The van der Waals surface area contributed by atoms with Crippen LogP contribution in [0.5, 0.6) is 0 Å². The van der Waals surface area contributed by atoms with Gasteiger partial charge in [0.15, 0.2) is 12.1 Å². The largest absolute Gasteiger partial charge is 0.480 e. The number of benzene rings is 1. The molecule has 3 rings (SSSR count). The molecule has 1 aromatic carbocycles. The van der Waals surface area contributed by atoms with Gasteiger partial charge in [-0.25, -0.2) is 9.59 Å². The minimum Gasteiger partial charge on any atom is -0.480 e. The molecule has 0 radical (unpaired) electrons. The molecule has 0 aromatic heterocycles. The number of aliphatic hydroxyl groups excluding tert-OH is 1. The number of nitrogens with one attached hydrogen (secondary N) is 1. The highest BCUT2D eigenvalue weighted by Crippen LogP contribution is 2.49. The second kappa shape index (κ2) is 9.52. The molecule has 31 heavy (non-hydrogen) atoms. The molecule has 0 bridgehead atoms. The summed E-state index contributed by atoms with van der Waals surface area (Å²) in [4.78, 5) is 23.4. The summed E-state index contributed by atoms with van der Waals surface area (Å²) in [5.41, 5.74) is 2.18. The van der Waals surface area contributed by atoms with E-state index in [0.29, 0.717) is 0 Å². The summed E-state index contributed by atoms with van der Waals surface area (Å²) >= 11 is 0. The summed E-state index contributed by atoms with van der Waals surface area (Å²) in [6.07, 6.45) is -0.657. The van der Waals surface area contributed by atoms with E-state index in [-0.39, 0.29) is 24.4 Å². The molecule has 2 aliphatic rings. The molecule has 0 spiro atoms. The van der Waals surface area contributed by atoms with Gasteiger partial charge in [-0.2, -0.15) is 13.2 Å². The number of carboxylic acids is 1. The van der Waals surface area contributed by atoms with E-state index in [9.17, 15) is 22.8 Å². The Kier molecular flexibility index (Phi) is 7.01. The lowest BCUT2D eigenvalue weighted by molar-refractivity contribution is -0.217. The molecule has 0 aliphatic heterocycles. The van der Waals surface area contributed by atoms with Crippen molar-refractivity contribution in [2.45, 2.75) is 30.2 Å². The predicted octanol–water partition coefficient (Wildman–Crippen LogP) is 2.73. The molecule has 1 amide bonds. The maximum absolute atomic E-state index is 12.3. The molecule has 168 valence electrons. The number of carbonyl (C=O) groups is 2. The summed E-state index contributed by atoms with van der Waals surface area (Å²) in [5.74, 6) is -1.37. The van der Waals surface area contributed by atoms with Gasteiger partial charge in [-0.3, -0.25) is 0 Å². The lowest BCUT2D eigenvalue weighted by Gasteiger charge is -2.23. The highest BCUT2D eigenvalue weighted by molar-refractivity contribution is 5.80. The van der Waals surface area contributed by atoms with Crippen molar-refractivity contribution in [2.75, 3.05) is 19.8 Å². The average molecular weight is 441 g/mol. The summed E-state index contributed by atoms with van der Waals surface area (Å²) in [6.45, 7) is -1.91. The topological polar surface area (TPSA) is 105 Å². The van der Waals surface area contributed by atoms with E-state index in [2.05, 4.69) is 16.1 Å². The number of aliphatic hydroxyl groups is 1. The molecule has 3 N–H and O–H groups in total. The van der Waals surface area contributed by atoms with Gasteiger partial charge in [0, 0.05) is 11.8 Å². The number of fused-ring (bicyclic) bond motifs is 3. The summed E-state index contributed by atoms with van der Waals surface area (Å²) in [5, 5.41) is 20.1. The van der Waals surface area contributed by atoms with Gasteiger partial charge in [0.05, 0.1) is 13.2 Å². The second-order valence-electron chi connectivity index (χ2n) is 7.34. The first kappa shape index (κ1) is 22.8. The zero-order chi connectivity index (χ0) is 22.6. The molecular formula is C21H22F3NO6. The van der Waals surface area contributed by atoms with Crippen LogP contribution in [0.2, 0.25) is 0 Å². The van der Waals surface area contributed by atoms with Gasteiger partial charge in [0.25, 0.3) is 0 Å². The van der Waals surface area contributed by atoms with Crippen LogP contribution in [0.1, 0.15) is 23.0 Å². The average Bonchev–Trinajstić information content (AvgIpc) is 3.04. The fourth-order valence-corrected chi connectivity index (χ4v) is 3.80. The number of carboxylic acid groups (broad SMARTS) is 1. The fourth-order valence-electron chi connectivity index (χ4n) is 3.80. The number of carbonyl (C=O) groups excluding carboxylic acids is 1. The number of halogens is 3. The van der Waals surface area contributed by atoms with Crippen molar-refractivity contribution in [1.29, 1.82) is 0 Å². The Balaban J connectivity index is 1.54. The maximum atomic E-state index is 12.3. The first-order valence-electron chi connectivity index (χ1n) is 9.61. The van der Waals surface area contributed by atoms with Crippen molar-refractivity contribution in [3.63, 3.8) is 0 Å². The normalized spacial score (nSPS) is 23.5. The monoisotopic (exact) mass is 441 g/mol. The maximum Gasteiger partial charge on any atom is 0.416 e. The van der Waals surface area contributed by atoms with Crippen LogP contribution in [0.3, 0.4) is 0 Å². The zero-order valence-electron chi connectivity index (χ0n) is 16.3. The first-order chi connectivity index (χ1) is 14.7. The zero-order valence-corrected chi connectivity index (χ0v) is 16.3. The number of ether oxygens (including phenoxy) is 2. The number of rotatable bonds is 8. The van der Waals surface area contributed by atoms with Crippen molar-refractivity contribution < 1.29 is 42.4 Å². The molecule has 2 aliphatic carbocycles. The Morgan fingerprint density at radius 3 is 2.45 bits per heavy atom. The van der Waals surface area contributed by atoms with E-state index < -0.39 is 43.6 Å². The summed E-state index contributed by atoms with van der Waals surface area (Å²) < 4.78 is 46.6. The van der Waals surface area contributed by atoms with Gasteiger partial charge in [-0.05, 0) is 17.0 Å². The van der Waals surface area contributed by atoms with Crippen molar-refractivity contribution in [3.8, 4) is 0 Å². The van der Waals surface area contributed by atoms with E-state index in [0.717, 1.165) is 11.1 Å². The van der Waals surface area contributed by atoms with Gasteiger partial charge in [0.1, 0.15) is 6.61 Å². The smallest absolute Gasteiger partial charge is 0.416 e. The fraction of sp³-hybridized carbons (Fsp3) is 0.429. The van der Waals surface area contributed by atoms with E-state index in [1.165, 1.54) is 0 Å². The van der Waals surface area contributed by atoms with Crippen molar-refractivity contribution >= 4 is 12.1 Å². The molecule has 0 heterocycles. The minimum absolute atomic E-state index is 0.00216. The first-order valence-corrected chi connectivity index (χ1v) is 9.61. The minimum atomic E-state index is -4.89. The summed E-state index contributed by atoms with van der Waals surface area (Å²) in [7, 11) is 0. The highest BCUT2D eigenvalue weighted by Gasteiger charge is 2.40. The van der Waals surface area contributed by atoms with Crippen molar-refractivity contribution in [2.24, 2.45) is 5.92 Å². The Bertz CT molecular complexity index is 869. The Labute approximate surface area is 176 Å². The van der Waals surface area contributed by atoms with Crippen LogP contribution in [0, 0.1) is 5.92 Å². The lowest BCUT2D eigenvalue weighted by Crippen LogP contribution is -2.45. The van der Waals surface area contributed by atoms with Gasteiger partial charge >= 0.3 is 18.2 Å². The standard InChI is InChI=1S/C21H22F3NO6/c22-21(23,24)18(26)11-30-10-17(19(27)28)25-20(29)31-9-16-14-7-3-1-5-12(14)13-6-2-4-8-15(13)16/h1-8,12,14,16-18,26H,9-11H2,(H,25,29)(H,27,28). The SMILES string of the molecule is O=C(NC(COCC(O)C(F)(F)F)C(=O)O)OCC1c2ccccc2C2C=CC=CC21. The third kappa shape index (κ3) is 5.45. The predicted molar refractivity (Wildman–Crippen MR) is 102 cm³/mol. The third-order valence-corrected chi connectivity index (χ3v) is 5.32. The van der Waals surface area contributed by atoms with Crippen molar-refractivity contribution in [1.82, 2.24) is 5.32 Å². The lowest BCUT2D eigenvalue weighted by atomic mass is 9.84. The van der Waals surface area contributed by atoms with Crippen LogP contribution >= 0.6 is 0 Å². The molecule has 0 saturated heterocycles. The van der Waals surface area contributed by atoms with Crippen LogP contribution in [-0.4, -0.2) is 60.4 Å². The van der Waals surface area contributed by atoms with Crippen LogP contribution in [-0.2, 0) is 14.3 Å². The Morgan fingerprint density at radius 2 is 1.77 bits per heavy atom. The van der Waals surface area contributed by atoms with Crippen molar-refractivity contribution in [3.05, 3.63) is 59.7 Å². The summed E-state index contributed by atoms with van der Waals surface area (Å²) in [6, 6.07) is 6.17. The molecule has 0 saturated carbocycles. The van der Waals surface area contributed by atoms with Gasteiger partial charge in [-0.15, -0.1) is 0 Å². The Morgan fingerprint density at radius 1 is 1.10 bits per heavy atom. The van der Waals surface area contributed by atoms with E-state index in [4.69, 9.17) is 14.9 Å². The van der Waals surface area contributed by atoms with Crippen LogP contribution < -0.4 is 5.32 Å². The molecule has 5 unspecified atom stereocenters. The second-order valence-corrected chi connectivity index (χ2v) is 7.34. The van der Waals surface area contributed by atoms with Crippen LogP contribution in [0.15, 0.2) is 48.6 Å². The number of alkyl halides is 3. The van der Waals surface area contributed by atoms with E-state index in [1.807, 2.05) is 42.5 Å². The van der Waals surface area contributed by atoms with Gasteiger partial charge in [0.2, 0.25) is 0 Å². The van der Waals surface area contributed by atoms with Gasteiger partial charge < -0.3 is 25.0 Å². The number of hydrogen-bond acceptors (Lipinski definition) is 5. The molecule has 0 fully saturated rings. The number of amides is 1. The third-order valence-electron chi connectivity index (χ3n) is 5.32. The number of alkyl carbamates (subject to hydrolysis) is 1. The Hall–Kier alpha value is -2.85. The number of aliphatic carboxylic acids is 1.